The molecule has 0 atom stereocenters. The summed E-state index contributed by atoms with van der Waals surface area (Å²) in [7, 11) is 0. The molecule has 0 spiro atoms. The molecule has 2 nitrogen and oxygen atoms in total. The van der Waals surface area contributed by atoms with E-state index in [0.717, 1.165) is 10.8 Å². The molecule has 0 aromatic heterocycles. The molecule has 0 amide bonds. The molecule has 0 bridgehead atoms. The highest BCUT2D eigenvalue weighted by Gasteiger charge is 2.18. The number of rotatable bonds is 3. The summed E-state index contributed by atoms with van der Waals surface area (Å²) < 4.78 is 53.2. The molecule has 0 aliphatic carbocycles. The lowest BCUT2D eigenvalue weighted by atomic mass is 10.1. The molecule has 116 valence electrons. The van der Waals surface area contributed by atoms with Gasteiger partial charge in [-0.3, -0.25) is 5.43 Å². The third kappa shape index (κ3) is 2.88. The summed E-state index contributed by atoms with van der Waals surface area (Å²) >= 11 is 0. The third-order valence-corrected chi connectivity index (χ3v) is 3.32. The van der Waals surface area contributed by atoms with Crippen LogP contribution in [0.3, 0.4) is 0 Å². The van der Waals surface area contributed by atoms with Gasteiger partial charge in [-0.25, -0.2) is 17.6 Å². The molecule has 0 radical (unpaired) electrons. The van der Waals surface area contributed by atoms with Crippen LogP contribution in [0.25, 0.3) is 10.8 Å². The molecule has 23 heavy (non-hydrogen) atoms. The van der Waals surface area contributed by atoms with Crippen molar-refractivity contribution in [1.82, 2.24) is 0 Å². The third-order valence-electron chi connectivity index (χ3n) is 3.32. The van der Waals surface area contributed by atoms with Crippen molar-refractivity contribution in [3.8, 4) is 0 Å². The zero-order valence-electron chi connectivity index (χ0n) is 11.7. The number of nitrogens with one attached hydrogen (secondary N) is 1. The molecule has 0 saturated carbocycles. The number of benzene rings is 3. The van der Waals surface area contributed by atoms with Crippen LogP contribution in [0.2, 0.25) is 0 Å². The van der Waals surface area contributed by atoms with Gasteiger partial charge in [-0.2, -0.15) is 5.10 Å². The molecule has 0 unspecified atom stereocenters. The van der Waals surface area contributed by atoms with Gasteiger partial charge < -0.3 is 0 Å². The molecule has 0 heterocycles. The molecule has 6 heteroatoms. The number of nitrogens with zero attached hydrogens (tertiary/aromatic N) is 1. The number of anilines is 1. The van der Waals surface area contributed by atoms with Crippen LogP contribution in [-0.2, 0) is 0 Å². The SMILES string of the molecule is Fc1cc(F)c(F)c(NN=Cc2cccc3ccccc23)c1F. The summed E-state index contributed by atoms with van der Waals surface area (Å²) in [5.74, 6) is -6.04. The molecule has 3 aromatic rings. The molecule has 1 N–H and O–H groups in total. The largest absolute Gasteiger partial charge is 0.272 e. The fourth-order valence-electron chi connectivity index (χ4n) is 2.20. The maximum absolute atomic E-state index is 13.5. The van der Waals surface area contributed by atoms with Gasteiger partial charge in [-0.05, 0) is 10.8 Å². The Morgan fingerprint density at radius 1 is 0.826 bits per heavy atom. The Labute approximate surface area is 129 Å². The fraction of sp³-hybridized carbons (Fsp3) is 0. The van der Waals surface area contributed by atoms with Crippen LogP contribution in [0.5, 0.6) is 0 Å². The summed E-state index contributed by atoms with van der Waals surface area (Å²) in [6.45, 7) is 0. The zero-order valence-corrected chi connectivity index (χ0v) is 11.7. The standard InChI is InChI=1S/C17H10F4N2/c18-13-8-14(19)16(21)17(15(13)20)23-22-9-11-6-3-5-10-4-1-2-7-12(10)11/h1-9,23H. The highest BCUT2D eigenvalue weighted by Crippen LogP contribution is 2.24. The number of hydrogen-bond acceptors (Lipinski definition) is 2. The number of hydrogen-bond donors (Lipinski definition) is 1. The van der Waals surface area contributed by atoms with Crippen LogP contribution in [0, 0.1) is 23.3 Å². The Kier molecular flexibility index (Phi) is 3.97. The van der Waals surface area contributed by atoms with Crippen LogP contribution in [0.1, 0.15) is 5.56 Å². The van der Waals surface area contributed by atoms with Crippen LogP contribution in [-0.4, -0.2) is 6.21 Å². The molecule has 0 fully saturated rings. The summed E-state index contributed by atoms with van der Waals surface area (Å²) in [4.78, 5) is 0. The van der Waals surface area contributed by atoms with Gasteiger partial charge in [0.25, 0.3) is 0 Å². The maximum Gasteiger partial charge on any atom is 0.186 e. The van der Waals surface area contributed by atoms with Gasteiger partial charge in [0.05, 0.1) is 6.21 Å². The van der Waals surface area contributed by atoms with Gasteiger partial charge in [0.15, 0.2) is 23.3 Å². The molecule has 3 rings (SSSR count). The normalized spacial score (nSPS) is 11.3. The van der Waals surface area contributed by atoms with Crippen LogP contribution in [0.15, 0.2) is 53.6 Å². The molecule has 0 aliphatic rings. The van der Waals surface area contributed by atoms with E-state index in [9.17, 15) is 17.6 Å². The highest BCUT2D eigenvalue weighted by atomic mass is 19.2. The van der Waals surface area contributed by atoms with Gasteiger partial charge in [-0.1, -0.05) is 42.5 Å². The Bertz CT molecular complexity index is 875. The van der Waals surface area contributed by atoms with Crippen LogP contribution < -0.4 is 5.43 Å². The monoisotopic (exact) mass is 318 g/mol. The quantitative estimate of drug-likeness (QED) is 0.318. The second kappa shape index (κ2) is 6.08. The van der Waals surface area contributed by atoms with E-state index in [1.54, 1.807) is 12.1 Å². The fourth-order valence-corrected chi connectivity index (χ4v) is 2.20. The minimum Gasteiger partial charge on any atom is -0.272 e. The summed E-state index contributed by atoms with van der Waals surface area (Å²) in [5.41, 5.74) is 1.73. The lowest BCUT2D eigenvalue weighted by molar-refractivity contribution is 0.458. The summed E-state index contributed by atoms with van der Waals surface area (Å²) in [6.07, 6.45) is 1.32. The van der Waals surface area contributed by atoms with Gasteiger partial charge in [0, 0.05) is 11.6 Å². The van der Waals surface area contributed by atoms with E-state index < -0.39 is 29.0 Å². The first-order valence-corrected chi connectivity index (χ1v) is 6.68. The first-order valence-electron chi connectivity index (χ1n) is 6.68. The second-order valence-corrected chi connectivity index (χ2v) is 4.78. The lowest BCUT2D eigenvalue weighted by Crippen LogP contribution is -2.02. The average Bonchev–Trinajstić information content (AvgIpc) is 2.56. The predicted octanol–water partition coefficient (Wildman–Crippen LogP) is 4.84. The summed E-state index contributed by atoms with van der Waals surface area (Å²) in [5, 5.41) is 5.52. The van der Waals surface area contributed by atoms with Crippen molar-refractivity contribution >= 4 is 22.7 Å². The van der Waals surface area contributed by atoms with Crippen molar-refractivity contribution in [1.29, 1.82) is 0 Å². The highest BCUT2D eigenvalue weighted by molar-refractivity contribution is 5.99. The Morgan fingerprint density at radius 2 is 1.48 bits per heavy atom. The van der Waals surface area contributed by atoms with Gasteiger partial charge >= 0.3 is 0 Å². The smallest absolute Gasteiger partial charge is 0.186 e. The minimum atomic E-state index is -1.53. The van der Waals surface area contributed by atoms with Gasteiger partial charge in [0.2, 0.25) is 0 Å². The van der Waals surface area contributed by atoms with E-state index in [2.05, 4.69) is 5.10 Å². The molecule has 0 aliphatic heterocycles. The molecule has 3 aromatic carbocycles. The lowest BCUT2D eigenvalue weighted by Gasteiger charge is -2.06. The Balaban J connectivity index is 1.93. The number of hydrazone groups is 1. The minimum absolute atomic E-state index is 0.143. The molecule has 0 saturated heterocycles. The van der Waals surface area contributed by atoms with Crippen molar-refractivity contribution in [2.75, 3.05) is 5.43 Å². The van der Waals surface area contributed by atoms with Crippen molar-refractivity contribution < 1.29 is 17.6 Å². The summed E-state index contributed by atoms with van der Waals surface area (Å²) in [6, 6.07) is 13.1. The first kappa shape index (κ1) is 15.0. The van der Waals surface area contributed by atoms with E-state index in [1.807, 2.05) is 35.8 Å². The van der Waals surface area contributed by atoms with Crippen molar-refractivity contribution in [2.45, 2.75) is 0 Å². The van der Waals surface area contributed by atoms with Gasteiger partial charge in [0.1, 0.15) is 5.69 Å². The Morgan fingerprint density at radius 3 is 2.22 bits per heavy atom. The predicted molar refractivity (Wildman–Crippen MR) is 81.4 cm³/mol. The number of fused-ring (bicyclic) bond motifs is 1. The van der Waals surface area contributed by atoms with E-state index >= 15 is 0 Å². The van der Waals surface area contributed by atoms with Crippen molar-refractivity contribution in [3.63, 3.8) is 0 Å². The van der Waals surface area contributed by atoms with E-state index in [4.69, 9.17) is 0 Å². The number of halogens is 4. The maximum atomic E-state index is 13.5. The first-order chi connectivity index (χ1) is 11.1. The van der Waals surface area contributed by atoms with E-state index in [1.165, 1.54) is 6.21 Å². The van der Waals surface area contributed by atoms with E-state index in [0.29, 0.717) is 5.56 Å². The molecular weight excluding hydrogens is 308 g/mol. The van der Waals surface area contributed by atoms with Gasteiger partial charge in [-0.15, -0.1) is 0 Å². The topological polar surface area (TPSA) is 24.4 Å². The average molecular weight is 318 g/mol. The second-order valence-electron chi connectivity index (χ2n) is 4.78. The molecular formula is C17H10F4N2. The van der Waals surface area contributed by atoms with Crippen molar-refractivity contribution in [2.24, 2.45) is 5.10 Å². The van der Waals surface area contributed by atoms with Crippen molar-refractivity contribution in [3.05, 3.63) is 77.4 Å². The zero-order chi connectivity index (χ0) is 16.4. The van der Waals surface area contributed by atoms with Crippen LogP contribution in [0.4, 0.5) is 23.2 Å². The van der Waals surface area contributed by atoms with Crippen LogP contribution >= 0.6 is 0 Å². The van der Waals surface area contributed by atoms with E-state index in [-0.39, 0.29) is 6.07 Å². The Hall–Kier alpha value is -2.89.